The second kappa shape index (κ2) is 5.14. The zero-order valence-corrected chi connectivity index (χ0v) is 12.6. The second-order valence-electron chi connectivity index (χ2n) is 6.21. The van der Waals surface area contributed by atoms with Crippen molar-refractivity contribution in [3.63, 3.8) is 0 Å². The number of rotatable bonds is 2. The van der Waals surface area contributed by atoms with E-state index < -0.39 is 0 Å². The first kappa shape index (κ1) is 13.2. The first-order chi connectivity index (χ1) is 11.4. The van der Waals surface area contributed by atoms with Crippen molar-refractivity contribution in [3.8, 4) is 11.5 Å². The summed E-state index contributed by atoms with van der Waals surface area (Å²) in [6.45, 7) is 2.75. The van der Waals surface area contributed by atoms with Crippen LogP contribution in [0.1, 0.15) is 24.8 Å². The number of hydrogen-bond acceptors (Lipinski definition) is 6. The number of ether oxygens (including phenoxy) is 1. The molecule has 0 aliphatic carbocycles. The molecule has 2 aromatic heterocycles. The first-order valence-corrected chi connectivity index (χ1v) is 7.99. The maximum absolute atomic E-state index is 5.94. The van der Waals surface area contributed by atoms with Gasteiger partial charge < -0.3 is 14.2 Å². The quantitative estimate of drug-likeness (QED) is 0.781. The van der Waals surface area contributed by atoms with Crippen LogP contribution in [0.15, 0.2) is 29.0 Å². The largest absolute Gasteiger partial charge is 0.367 e. The number of aromatic nitrogens is 4. The molecular weight excluding hydrogens is 294 g/mol. The van der Waals surface area contributed by atoms with E-state index >= 15 is 0 Å². The summed E-state index contributed by atoms with van der Waals surface area (Å²) >= 11 is 0. The van der Waals surface area contributed by atoms with Crippen molar-refractivity contribution in [1.29, 1.82) is 0 Å². The summed E-state index contributed by atoms with van der Waals surface area (Å²) in [4.78, 5) is 14.3. The van der Waals surface area contributed by atoms with Gasteiger partial charge in [0.25, 0.3) is 5.89 Å². The minimum absolute atomic E-state index is 0.0993. The Hall–Kier alpha value is -2.25. The van der Waals surface area contributed by atoms with Gasteiger partial charge in [-0.1, -0.05) is 5.16 Å². The first-order valence-electron chi connectivity index (χ1n) is 7.99. The standard InChI is InChI=1S/C16H17N5O2/c1-2-11-8-22-14(7-21(11)5-1)15-19-16(23-20-15)10-3-4-12-13(6-10)18-9-17-12/h3-4,6,9,11,14H,1-2,5,7-8H2,(H,17,18)/t11-,14+/m0/s1. The molecule has 3 aromatic rings. The Morgan fingerprint density at radius 3 is 3.30 bits per heavy atom. The molecule has 0 saturated carbocycles. The fourth-order valence-corrected chi connectivity index (χ4v) is 3.52. The van der Waals surface area contributed by atoms with Crippen LogP contribution in [0.5, 0.6) is 0 Å². The molecule has 2 aliphatic rings. The summed E-state index contributed by atoms with van der Waals surface area (Å²) in [5.41, 5.74) is 2.76. The predicted octanol–water partition coefficient (Wildman–Crippen LogP) is 2.15. The molecule has 7 heteroatoms. The highest BCUT2D eigenvalue weighted by Crippen LogP contribution is 2.30. The molecule has 1 N–H and O–H groups in total. The summed E-state index contributed by atoms with van der Waals surface area (Å²) in [5.74, 6) is 1.15. The summed E-state index contributed by atoms with van der Waals surface area (Å²) in [5, 5.41) is 4.13. The number of nitrogens with zero attached hydrogens (tertiary/aromatic N) is 4. The number of nitrogens with one attached hydrogen (secondary N) is 1. The van der Waals surface area contributed by atoms with Gasteiger partial charge in [0, 0.05) is 18.2 Å². The fraction of sp³-hybridized carbons (Fsp3) is 0.438. The summed E-state index contributed by atoms with van der Waals surface area (Å²) < 4.78 is 11.4. The molecular formula is C16H17N5O2. The maximum atomic E-state index is 5.94. The molecule has 0 radical (unpaired) electrons. The lowest BCUT2D eigenvalue weighted by Gasteiger charge is -2.33. The van der Waals surface area contributed by atoms with Crippen LogP contribution in [0.4, 0.5) is 0 Å². The number of H-pyrrole nitrogens is 1. The molecule has 23 heavy (non-hydrogen) atoms. The third-order valence-electron chi connectivity index (χ3n) is 4.79. The van der Waals surface area contributed by atoms with Gasteiger partial charge in [0.2, 0.25) is 5.82 Å². The molecule has 2 fully saturated rings. The molecule has 0 bridgehead atoms. The van der Waals surface area contributed by atoms with Gasteiger partial charge in [-0.3, -0.25) is 4.90 Å². The Kier molecular flexibility index (Phi) is 2.95. The Balaban J connectivity index is 1.41. The lowest BCUT2D eigenvalue weighted by atomic mass is 10.2. The van der Waals surface area contributed by atoms with E-state index in [0.717, 1.165) is 36.3 Å². The number of benzene rings is 1. The van der Waals surface area contributed by atoms with Gasteiger partial charge in [-0.25, -0.2) is 4.98 Å². The van der Waals surface area contributed by atoms with Crippen LogP contribution in [0.2, 0.25) is 0 Å². The normalized spacial score (nSPS) is 25.0. The van der Waals surface area contributed by atoms with Gasteiger partial charge in [0.15, 0.2) is 0 Å². The van der Waals surface area contributed by atoms with E-state index in [1.807, 2.05) is 18.2 Å². The van der Waals surface area contributed by atoms with Crippen molar-refractivity contribution in [2.24, 2.45) is 0 Å². The Morgan fingerprint density at radius 1 is 1.30 bits per heavy atom. The number of hydrogen-bond donors (Lipinski definition) is 1. The number of fused-ring (bicyclic) bond motifs is 2. The summed E-state index contributed by atoms with van der Waals surface area (Å²) in [7, 11) is 0. The third kappa shape index (κ3) is 2.24. The van der Waals surface area contributed by atoms with E-state index in [4.69, 9.17) is 9.26 Å². The molecule has 5 rings (SSSR count). The highest BCUT2D eigenvalue weighted by molar-refractivity contribution is 5.79. The Labute approximate surface area is 132 Å². The van der Waals surface area contributed by atoms with Crippen LogP contribution >= 0.6 is 0 Å². The highest BCUT2D eigenvalue weighted by Gasteiger charge is 2.34. The van der Waals surface area contributed by atoms with Crippen molar-refractivity contribution in [2.75, 3.05) is 19.7 Å². The SMILES string of the molecule is c1nc2ccc(-c3nc([C@H]4CN5CCC[C@H]5CO4)no3)cc2[nH]1. The van der Waals surface area contributed by atoms with E-state index in [2.05, 4.69) is 25.0 Å². The molecule has 0 amide bonds. The third-order valence-corrected chi connectivity index (χ3v) is 4.79. The summed E-state index contributed by atoms with van der Waals surface area (Å²) in [6, 6.07) is 6.42. The zero-order valence-electron chi connectivity index (χ0n) is 12.6. The minimum Gasteiger partial charge on any atom is -0.367 e. The molecule has 1 aromatic carbocycles. The lowest BCUT2D eigenvalue weighted by molar-refractivity contribution is -0.0548. The molecule has 2 saturated heterocycles. The number of morpholine rings is 1. The topological polar surface area (TPSA) is 80.1 Å². The van der Waals surface area contributed by atoms with Gasteiger partial charge >= 0.3 is 0 Å². The van der Waals surface area contributed by atoms with Crippen LogP contribution < -0.4 is 0 Å². The minimum atomic E-state index is -0.0993. The van der Waals surface area contributed by atoms with Gasteiger partial charge in [0.1, 0.15) is 6.10 Å². The second-order valence-corrected chi connectivity index (χ2v) is 6.21. The van der Waals surface area contributed by atoms with Crippen LogP contribution in [0.25, 0.3) is 22.5 Å². The van der Waals surface area contributed by atoms with E-state index in [9.17, 15) is 0 Å². The smallest absolute Gasteiger partial charge is 0.258 e. The van der Waals surface area contributed by atoms with Gasteiger partial charge in [-0.05, 0) is 37.6 Å². The lowest BCUT2D eigenvalue weighted by Crippen LogP contribution is -2.42. The Bertz CT molecular complexity index is 842. The van der Waals surface area contributed by atoms with E-state index in [-0.39, 0.29) is 6.10 Å². The number of aromatic amines is 1. The zero-order chi connectivity index (χ0) is 15.2. The molecule has 4 heterocycles. The van der Waals surface area contributed by atoms with Crippen molar-refractivity contribution < 1.29 is 9.26 Å². The molecule has 118 valence electrons. The molecule has 2 aliphatic heterocycles. The molecule has 7 nitrogen and oxygen atoms in total. The summed E-state index contributed by atoms with van der Waals surface area (Å²) in [6.07, 6.45) is 4.06. The van der Waals surface area contributed by atoms with Crippen LogP contribution in [0, 0.1) is 0 Å². The van der Waals surface area contributed by atoms with Crippen molar-refractivity contribution in [1.82, 2.24) is 25.0 Å². The van der Waals surface area contributed by atoms with Crippen LogP contribution in [-0.2, 0) is 4.74 Å². The van der Waals surface area contributed by atoms with Crippen molar-refractivity contribution >= 4 is 11.0 Å². The van der Waals surface area contributed by atoms with Crippen LogP contribution in [-0.4, -0.2) is 50.7 Å². The molecule has 0 spiro atoms. The van der Waals surface area contributed by atoms with E-state index in [1.165, 1.54) is 12.8 Å². The fourth-order valence-electron chi connectivity index (χ4n) is 3.52. The van der Waals surface area contributed by atoms with E-state index in [0.29, 0.717) is 17.8 Å². The van der Waals surface area contributed by atoms with Crippen molar-refractivity contribution in [3.05, 3.63) is 30.4 Å². The average Bonchev–Trinajstić information content (AvgIpc) is 3.32. The van der Waals surface area contributed by atoms with Gasteiger partial charge in [-0.2, -0.15) is 4.98 Å². The van der Waals surface area contributed by atoms with E-state index in [1.54, 1.807) is 6.33 Å². The van der Waals surface area contributed by atoms with Gasteiger partial charge in [-0.15, -0.1) is 0 Å². The van der Waals surface area contributed by atoms with Gasteiger partial charge in [0.05, 0.1) is 24.0 Å². The number of imidazole rings is 1. The highest BCUT2D eigenvalue weighted by atomic mass is 16.5. The van der Waals surface area contributed by atoms with Crippen LogP contribution in [0.3, 0.4) is 0 Å². The monoisotopic (exact) mass is 311 g/mol. The maximum Gasteiger partial charge on any atom is 0.258 e. The molecule has 2 atom stereocenters. The Morgan fingerprint density at radius 2 is 2.30 bits per heavy atom. The molecule has 0 unspecified atom stereocenters. The predicted molar refractivity (Wildman–Crippen MR) is 82.7 cm³/mol. The average molecular weight is 311 g/mol. The van der Waals surface area contributed by atoms with Crippen molar-refractivity contribution in [2.45, 2.75) is 25.0 Å².